The molecule has 1 aromatic heterocycles. The van der Waals surface area contributed by atoms with E-state index in [9.17, 15) is 0 Å². The molecule has 0 bridgehead atoms. The summed E-state index contributed by atoms with van der Waals surface area (Å²) in [5, 5.41) is 3.98. The summed E-state index contributed by atoms with van der Waals surface area (Å²) in [6.45, 7) is 3.12. The van der Waals surface area contributed by atoms with Crippen LogP contribution in [-0.2, 0) is 0 Å². The summed E-state index contributed by atoms with van der Waals surface area (Å²) in [5.41, 5.74) is 0.459. The highest BCUT2D eigenvalue weighted by Crippen LogP contribution is 2.48. The molecule has 82 valence electrons. The van der Waals surface area contributed by atoms with Gasteiger partial charge in [-0.2, -0.15) is 4.98 Å². The molecule has 0 radical (unpaired) electrons. The first-order chi connectivity index (χ1) is 7.15. The Bertz CT molecular complexity index is 364. The molecule has 1 aliphatic carbocycles. The molecule has 0 spiro atoms. The van der Waals surface area contributed by atoms with Crippen LogP contribution in [0.15, 0.2) is 6.20 Å². The van der Waals surface area contributed by atoms with Crippen molar-refractivity contribution in [1.82, 2.24) is 9.97 Å². The van der Waals surface area contributed by atoms with E-state index < -0.39 is 0 Å². The van der Waals surface area contributed by atoms with Crippen molar-refractivity contribution in [2.75, 3.05) is 11.9 Å². The van der Waals surface area contributed by atoms with E-state index in [1.54, 1.807) is 0 Å². The molecule has 15 heavy (non-hydrogen) atoms. The quantitative estimate of drug-likeness (QED) is 0.827. The van der Waals surface area contributed by atoms with Gasteiger partial charge in [0.25, 0.3) is 0 Å². The summed E-state index contributed by atoms with van der Waals surface area (Å²) in [6, 6.07) is 0. The Morgan fingerprint density at radius 3 is 2.80 bits per heavy atom. The third kappa shape index (κ3) is 2.52. The molecular weight excluding hydrogens is 233 g/mol. The third-order valence-electron chi connectivity index (χ3n) is 3.05. The second-order valence-corrected chi connectivity index (χ2v) is 4.79. The SMILES string of the molecule is CCC1(CNc2nc(Cl)ncc2Cl)CC1. The zero-order valence-corrected chi connectivity index (χ0v) is 10.1. The summed E-state index contributed by atoms with van der Waals surface area (Å²) in [6.07, 6.45) is 5.28. The van der Waals surface area contributed by atoms with Crippen molar-refractivity contribution < 1.29 is 0 Å². The third-order valence-corrected chi connectivity index (χ3v) is 3.51. The van der Waals surface area contributed by atoms with E-state index in [2.05, 4.69) is 22.2 Å². The van der Waals surface area contributed by atoms with Crippen molar-refractivity contribution in [3.05, 3.63) is 16.5 Å². The van der Waals surface area contributed by atoms with Crippen molar-refractivity contribution in [2.24, 2.45) is 5.41 Å². The molecule has 0 aromatic carbocycles. The summed E-state index contributed by atoms with van der Waals surface area (Å²) in [7, 11) is 0. The van der Waals surface area contributed by atoms with Crippen LogP contribution in [0.3, 0.4) is 0 Å². The van der Waals surface area contributed by atoms with E-state index in [4.69, 9.17) is 23.2 Å². The number of hydrogen-bond donors (Lipinski definition) is 1. The van der Waals surface area contributed by atoms with Gasteiger partial charge >= 0.3 is 0 Å². The Morgan fingerprint density at radius 1 is 1.47 bits per heavy atom. The summed E-state index contributed by atoms with van der Waals surface area (Å²) >= 11 is 11.6. The van der Waals surface area contributed by atoms with E-state index >= 15 is 0 Å². The molecule has 0 amide bonds. The van der Waals surface area contributed by atoms with Gasteiger partial charge in [-0.05, 0) is 36.3 Å². The van der Waals surface area contributed by atoms with Gasteiger partial charge in [-0.1, -0.05) is 18.5 Å². The lowest BCUT2D eigenvalue weighted by atomic mass is 10.0. The van der Waals surface area contributed by atoms with E-state index in [0.717, 1.165) is 6.54 Å². The maximum atomic E-state index is 5.94. The van der Waals surface area contributed by atoms with Crippen LogP contribution >= 0.6 is 23.2 Å². The molecule has 5 heteroatoms. The van der Waals surface area contributed by atoms with Crippen LogP contribution in [0.2, 0.25) is 10.3 Å². The summed E-state index contributed by atoms with van der Waals surface area (Å²) in [5.74, 6) is 0.636. The maximum Gasteiger partial charge on any atom is 0.224 e. The van der Waals surface area contributed by atoms with Crippen molar-refractivity contribution in [3.8, 4) is 0 Å². The first-order valence-corrected chi connectivity index (χ1v) is 5.83. The average Bonchev–Trinajstić information content (AvgIpc) is 3.00. The van der Waals surface area contributed by atoms with Crippen molar-refractivity contribution in [2.45, 2.75) is 26.2 Å². The van der Waals surface area contributed by atoms with Crippen molar-refractivity contribution in [3.63, 3.8) is 0 Å². The van der Waals surface area contributed by atoms with Gasteiger partial charge in [-0.25, -0.2) is 4.98 Å². The molecule has 1 N–H and O–H groups in total. The Labute approximate surface area is 99.2 Å². The van der Waals surface area contributed by atoms with Crippen LogP contribution in [0.4, 0.5) is 5.82 Å². The lowest BCUT2D eigenvalue weighted by Crippen LogP contribution is -2.15. The second-order valence-electron chi connectivity index (χ2n) is 4.04. The average molecular weight is 246 g/mol. The van der Waals surface area contributed by atoms with Crippen LogP contribution in [0.1, 0.15) is 26.2 Å². The Balaban J connectivity index is 2.01. The second kappa shape index (κ2) is 4.14. The molecule has 1 saturated carbocycles. The highest BCUT2D eigenvalue weighted by Gasteiger charge is 2.40. The number of aromatic nitrogens is 2. The largest absolute Gasteiger partial charge is 0.368 e. The fourth-order valence-corrected chi connectivity index (χ4v) is 1.86. The number of nitrogens with one attached hydrogen (secondary N) is 1. The predicted octanol–water partition coefficient (Wildman–Crippen LogP) is 3.39. The standard InChI is InChI=1S/C10H13Cl2N3/c1-2-10(3-4-10)6-14-8-7(11)5-13-9(12)15-8/h5H,2-4,6H2,1H3,(H,13,14,15). The molecule has 0 unspecified atom stereocenters. The Kier molecular flexibility index (Phi) is 3.03. The minimum absolute atomic E-state index is 0.225. The van der Waals surface area contributed by atoms with Gasteiger partial charge in [0.1, 0.15) is 10.8 Å². The summed E-state index contributed by atoms with van der Waals surface area (Å²) < 4.78 is 0. The monoisotopic (exact) mass is 245 g/mol. The topological polar surface area (TPSA) is 37.8 Å². The predicted molar refractivity (Wildman–Crippen MR) is 62.5 cm³/mol. The smallest absolute Gasteiger partial charge is 0.224 e. The number of hydrogen-bond acceptors (Lipinski definition) is 3. The maximum absolute atomic E-state index is 5.94. The molecular formula is C10H13Cl2N3. The van der Waals surface area contributed by atoms with Gasteiger partial charge in [0.05, 0.1) is 6.20 Å². The molecule has 0 atom stereocenters. The van der Waals surface area contributed by atoms with Crippen LogP contribution in [0.25, 0.3) is 0 Å². The normalized spacial score (nSPS) is 17.5. The fraction of sp³-hybridized carbons (Fsp3) is 0.600. The van der Waals surface area contributed by atoms with Crippen LogP contribution in [0, 0.1) is 5.41 Å². The Hall–Kier alpha value is -0.540. The first-order valence-electron chi connectivity index (χ1n) is 5.07. The molecule has 1 aromatic rings. The molecule has 1 aliphatic rings. The number of halogens is 2. The molecule has 0 saturated heterocycles. The highest BCUT2D eigenvalue weighted by atomic mass is 35.5. The van der Waals surface area contributed by atoms with Gasteiger partial charge in [-0.15, -0.1) is 0 Å². The fourth-order valence-electron chi connectivity index (χ4n) is 1.57. The van der Waals surface area contributed by atoms with Crippen LogP contribution in [-0.4, -0.2) is 16.5 Å². The molecule has 3 nitrogen and oxygen atoms in total. The molecule has 1 fully saturated rings. The number of nitrogens with zero attached hydrogens (tertiary/aromatic N) is 2. The van der Waals surface area contributed by atoms with E-state index in [0.29, 0.717) is 16.3 Å². The van der Waals surface area contributed by atoms with Crippen LogP contribution < -0.4 is 5.32 Å². The number of rotatable bonds is 4. The van der Waals surface area contributed by atoms with Crippen LogP contribution in [0.5, 0.6) is 0 Å². The number of anilines is 1. The van der Waals surface area contributed by atoms with Gasteiger partial charge in [0.2, 0.25) is 5.28 Å². The zero-order valence-electron chi connectivity index (χ0n) is 8.56. The lowest BCUT2D eigenvalue weighted by molar-refractivity contribution is 0.520. The van der Waals surface area contributed by atoms with Crippen molar-refractivity contribution >= 4 is 29.0 Å². The highest BCUT2D eigenvalue weighted by molar-refractivity contribution is 6.33. The van der Waals surface area contributed by atoms with E-state index in [1.807, 2.05) is 0 Å². The molecule has 2 rings (SSSR count). The summed E-state index contributed by atoms with van der Waals surface area (Å²) in [4.78, 5) is 7.85. The lowest BCUT2D eigenvalue weighted by Gasteiger charge is -2.14. The van der Waals surface area contributed by atoms with Gasteiger partial charge < -0.3 is 5.32 Å². The minimum atomic E-state index is 0.225. The molecule has 1 heterocycles. The molecule has 0 aliphatic heterocycles. The van der Waals surface area contributed by atoms with Gasteiger partial charge in [-0.3, -0.25) is 0 Å². The minimum Gasteiger partial charge on any atom is -0.368 e. The van der Waals surface area contributed by atoms with Gasteiger partial charge in [0, 0.05) is 6.54 Å². The zero-order chi connectivity index (χ0) is 10.9. The Morgan fingerprint density at radius 2 is 2.20 bits per heavy atom. The first kappa shape index (κ1) is 11.0. The van der Waals surface area contributed by atoms with Gasteiger partial charge in [0.15, 0.2) is 0 Å². The van der Waals surface area contributed by atoms with Crippen molar-refractivity contribution in [1.29, 1.82) is 0 Å². The van der Waals surface area contributed by atoms with E-state index in [1.165, 1.54) is 25.5 Å². The van der Waals surface area contributed by atoms with E-state index in [-0.39, 0.29) is 5.28 Å².